The third kappa shape index (κ3) is 3.32. The van der Waals surface area contributed by atoms with Crippen molar-refractivity contribution < 1.29 is 27.8 Å². The third-order valence-electron chi connectivity index (χ3n) is 2.34. The van der Waals surface area contributed by atoms with Gasteiger partial charge in [-0.25, -0.2) is 4.79 Å². The number of hydrogen-bond acceptors (Lipinski definition) is 2. The van der Waals surface area contributed by atoms with Crippen LogP contribution in [0.25, 0.3) is 5.69 Å². The average molecular weight is 350 g/mol. The molecular formula is C12H7BrF3NO3. The number of aromatic carboxylic acids is 1. The maximum Gasteiger partial charge on any atom is 0.573 e. The van der Waals surface area contributed by atoms with Crippen LogP contribution in [-0.4, -0.2) is 22.0 Å². The standard InChI is InChI=1S/C12H7BrF3NO3/c13-7-4-10(11(18)19)17(6-7)8-2-1-3-9(5-8)20-12(14,15)16/h1-6H,(H,18,19). The largest absolute Gasteiger partial charge is 0.573 e. The van der Waals surface area contributed by atoms with Gasteiger partial charge in [0.25, 0.3) is 0 Å². The zero-order valence-corrected chi connectivity index (χ0v) is 11.3. The van der Waals surface area contributed by atoms with Gasteiger partial charge in [-0.05, 0) is 34.1 Å². The summed E-state index contributed by atoms with van der Waals surface area (Å²) in [6, 6.07) is 6.40. The van der Waals surface area contributed by atoms with Crippen molar-refractivity contribution in [3.8, 4) is 11.4 Å². The van der Waals surface area contributed by atoms with Gasteiger partial charge >= 0.3 is 12.3 Å². The SMILES string of the molecule is O=C(O)c1cc(Br)cn1-c1cccc(OC(F)(F)F)c1. The summed E-state index contributed by atoms with van der Waals surface area (Å²) in [5, 5.41) is 9.04. The van der Waals surface area contributed by atoms with E-state index in [1.165, 1.54) is 29.0 Å². The maximum absolute atomic E-state index is 12.2. The van der Waals surface area contributed by atoms with Crippen LogP contribution in [0.1, 0.15) is 10.5 Å². The summed E-state index contributed by atoms with van der Waals surface area (Å²) >= 11 is 3.12. The Hall–Kier alpha value is -1.96. The summed E-state index contributed by atoms with van der Waals surface area (Å²) in [7, 11) is 0. The van der Waals surface area contributed by atoms with E-state index in [2.05, 4.69) is 20.7 Å². The number of carbonyl (C=O) groups is 1. The molecule has 8 heteroatoms. The molecule has 0 aliphatic carbocycles. The van der Waals surface area contributed by atoms with Crippen LogP contribution in [0.3, 0.4) is 0 Å². The molecule has 2 rings (SSSR count). The lowest BCUT2D eigenvalue weighted by Gasteiger charge is -2.11. The van der Waals surface area contributed by atoms with Crippen molar-refractivity contribution in [1.82, 2.24) is 4.57 Å². The maximum atomic E-state index is 12.2. The van der Waals surface area contributed by atoms with Gasteiger partial charge in [-0.15, -0.1) is 13.2 Å². The molecule has 0 aliphatic heterocycles. The molecule has 106 valence electrons. The van der Waals surface area contributed by atoms with E-state index in [9.17, 15) is 18.0 Å². The Morgan fingerprint density at radius 3 is 2.60 bits per heavy atom. The fourth-order valence-corrected chi connectivity index (χ4v) is 2.06. The highest BCUT2D eigenvalue weighted by atomic mass is 79.9. The average Bonchev–Trinajstić information content (AvgIpc) is 2.69. The topological polar surface area (TPSA) is 51.5 Å². The summed E-state index contributed by atoms with van der Waals surface area (Å²) < 4.78 is 42.0. The van der Waals surface area contributed by atoms with Gasteiger partial charge in [0.1, 0.15) is 11.4 Å². The zero-order valence-electron chi connectivity index (χ0n) is 9.69. The van der Waals surface area contributed by atoms with Crippen molar-refractivity contribution >= 4 is 21.9 Å². The van der Waals surface area contributed by atoms with Crippen molar-refractivity contribution in [2.45, 2.75) is 6.36 Å². The second-order valence-electron chi connectivity index (χ2n) is 3.76. The van der Waals surface area contributed by atoms with Crippen molar-refractivity contribution in [1.29, 1.82) is 0 Å². The first kappa shape index (κ1) is 14.4. The normalized spacial score (nSPS) is 11.4. The van der Waals surface area contributed by atoms with Crippen molar-refractivity contribution in [2.24, 2.45) is 0 Å². The van der Waals surface area contributed by atoms with E-state index in [0.29, 0.717) is 4.47 Å². The van der Waals surface area contributed by atoms with Crippen LogP contribution in [0, 0.1) is 0 Å². The monoisotopic (exact) mass is 349 g/mol. The first-order valence-electron chi connectivity index (χ1n) is 5.23. The number of ether oxygens (including phenoxy) is 1. The van der Waals surface area contributed by atoms with Crippen LogP contribution in [0.4, 0.5) is 13.2 Å². The summed E-state index contributed by atoms with van der Waals surface area (Å²) in [5.41, 5.74) is 0.163. The summed E-state index contributed by atoms with van der Waals surface area (Å²) in [6.07, 6.45) is -3.36. The number of hydrogen-bond donors (Lipinski definition) is 1. The van der Waals surface area contributed by atoms with E-state index < -0.39 is 18.1 Å². The Kier molecular flexibility index (Phi) is 3.76. The Bertz CT molecular complexity index is 652. The zero-order chi connectivity index (χ0) is 14.9. The highest BCUT2D eigenvalue weighted by molar-refractivity contribution is 9.10. The minimum Gasteiger partial charge on any atom is -0.477 e. The van der Waals surface area contributed by atoms with E-state index in [0.717, 1.165) is 12.1 Å². The predicted molar refractivity (Wildman–Crippen MR) is 67.1 cm³/mol. The Morgan fingerprint density at radius 1 is 1.30 bits per heavy atom. The number of carboxylic acids is 1. The fourth-order valence-electron chi connectivity index (χ4n) is 1.64. The highest BCUT2D eigenvalue weighted by Crippen LogP contribution is 2.26. The van der Waals surface area contributed by atoms with Gasteiger partial charge in [0, 0.05) is 22.4 Å². The third-order valence-corrected chi connectivity index (χ3v) is 2.77. The molecular weight excluding hydrogens is 343 g/mol. The molecule has 1 N–H and O–H groups in total. The molecule has 0 bridgehead atoms. The smallest absolute Gasteiger partial charge is 0.477 e. The molecule has 2 aromatic rings. The molecule has 0 unspecified atom stereocenters. The molecule has 0 saturated heterocycles. The number of benzene rings is 1. The first-order valence-corrected chi connectivity index (χ1v) is 6.03. The first-order chi connectivity index (χ1) is 9.26. The lowest BCUT2D eigenvalue weighted by Crippen LogP contribution is -2.17. The molecule has 0 radical (unpaired) electrons. The van der Waals surface area contributed by atoms with Crippen LogP contribution < -0.4 is 4.74 Å². The number of rotatable bonds is 3. The molecule has 1 heterocycles. The molecule has 0 fully saturated rings. The molecule has 1 aromatic heterocycles. The fraction of sp³-hybridized carbons (Fsp3) is 0.0833. The van der Waals surface area contributed by atoms with E-state index in [1.807, 2.05) is 0 Å². The van der Waals surface area contributed by atoms with Crippen LogP contribution in [0.2, 0.25) is 0 Å². The number of halogens is 4. The molecule has 0 amide bonds. The minimum atomic E-state index is -4.80. The van der Waals surface area contributed by atoms with Crippen LogP contribution in [-0.2, 0) is 0 Å². The second-order valence-corrected chi connectivity index (χ2v) is 4.68. The van der Waals surface area contributed by atoms with E-state index in [4.69, 9.17) is 5.11 Å². The quantitative estimate of drug-likeness (QED) is 0.915. The predicted octanol–water partition coefficient (Wildman–Crippen LogP) is 3.84. The number of carboxylic acid groups (broad SMARTS) is 1. The van der Waals surface area contributed by atoms with Crippen molar-refractivity contribution in [3.05, 3.63) is 46.7 Å². The number of nitrogens with zero attached hydrogens (tertiary/aromatic N) is 1. The van der Waals surface area contributed by atoms with Crippen molar-refractivity contribution in [3.63, 3.8) is 0 Å². The van der Waals surface area contributed by atoms with Gasteiger partial charge in [0.15, 0.2) is 0 Å². The summed E-state index contributed by atoms with van der Waals surface area (Å²) in [4.78, 5) is 11.1. The van der Waals surface area contributed by atoms with E-state index in [-0.39, 0.29) is 11.4 Å². The number of alkyl halides is 3. The molecule has 0 aliphatic rings. The van der Waals surface area contributed by atoms with Gasteiger partial charge in [0.2, 0.25) is 0 Å². The second kappa shape index (κ2) is 5.20. The summed E-state index contributed by atoms with van der Waals surface area (Å²) in [6.45, 7) is 0. The van der Waals surface area contributed by atoms with E-state index in [1.54, 1.807) is 0 Å². The molecule has 0 spiro atoms. The van der Waals surface area contributed by atoms with Crippen molar-refractivity contribution in [2.75, 3.05) is 0 Å². The molecule has 0 saturated carbocycles. The van der Waals surface area contributed by atoms with Crippen LogP contribution in [0.5, 0.6) is 5.75 Å². The molecule has 0 atom stereocenters. The Morgan fingerprint density at radius 2 is 2.00 bits per heavy atom. The summed E-state index contributed by atoms with van der Waals surface area (Å²) in [5.74, 6) is -1.62. The molecule has 20 heavy (non-hydrogen) atoms. The minimum absolute atomic E-state index is 0.0824. The van der Waals surface area contributed by atoms with E-state index >= 15 is 0 Å². The van der Waals surface area contributed by atoms with Crippen LogP contribution >= 0.6 is 15.9 Å². The number of aromatic nitrogens is 1. The van der Waals surface area contributed by atoms with Gasteiger partial charge in [-0.3, -0.25) is 0 Å². The Labute approximate surface area is 119 Å². The van der Waals surface area contributed by atoms with Gasteiger partial charge < -0.3 is 14.4 Å². The van der Waals surface area contributed by atoms with Gasteiger partial charge in [-0.1, -0.05) is 6.07 Å². The van der Waals surface area contributed by atoms with Gasteiger partial charge in [-0.2, -0.15) is 0 Å². The lowest BCUT2D eigenvalue weighted by atomic mass is 10.3. The molecule has 4 nitrogen and oxygen atoms in total. The highest BCUT2D eigenvalue weighted by Gasteiger charge is 2.31. The molecule has 1 aromatic carbocycles. The Balaban J connectivity index is 2.43. The van der Waals surface area contributed by atoms with Gasteiger partial charge in [0.05, 0.1) is 0 Å². The lowest BCUT2D eigenvalue weighted by molar-refractivity contribution is -0.274. The van der Waals surface area contributed by atoms with Crippen LogP contribution in [0.15, 0.2) is 41.0 Å².